The Morgan fingerprint density at radius 3 is 2.90 bits per heavy atom. The number of aromatic amines is 1. The molecule has 4 nitrogen and oxygen atoms in total. The molecule has 0 saturated carbocycles. The maximum atomic E-state index is 5.73. The van der Waals surface area contributed by atoms with Gasteiger partial charge in [0.2, 0.25) is 0 Å². The summed E-state index contributed by atoms with van der Waals surface area (Å²) >= 11 is 1.66. The van der Waals surface area contributed by atoms with Crippen molar-refractivity contribution in [3.05, 3.63) is 54.1 Å². The van der Waals surface area contributed by atoms with Crippen molar-refractivity contribution >= 4 is 22.8 Å². The second-order valence-corrected chi connectivity index (χ2v) is 5.69. The zero-order valence-corrected chi connectivity index (χ0v) is 12.4. The third-order valence-electron chi connectivity index (χ3n) is 3.09. The van der Waals surface area contributed by atoms with Gasteiger partial charge in [0, 0.05) is 12.3 Å². The molecule has 0 unspecified atom stereocenters. The van der Waals surface area contributed by atoms with E-state index in [0.29, 0.717) is 13.2 Å². The van der Waals surface area contributed by atoms with E-state index in [1.807, 2.05) is 48.5 Å². The van der Waals surface area contributed by atoms with Gasteiger partial charge in [-0.2, -0.15) is 0 Å². The maximum absolute atomic E-state index is 5.73. The first-order valence-electron chi connectivity index (χ1n) is 6.84. The first-order chi connectivity index (χ1) is 10.3. The molecule has 0 aliphatic carbocycles. The minimum Gasteiger partial charge on any atom is -0.493 e. The number of nitrogens with two attached hydrogens (primary N) is 1. The normalized spacial score (nSPS) is 10.9. The molecular formula is C16H17N3OS. The summed E-state index contributed by atoms with van der Waals surface area (Å²) in [6.07, 6.45) is 0. The van der Waals surface area contributed by atoms with Crippen LogP contribution in [0.1, 0.15) is 5.56 Å². The van der Waals surface area contributed by atoms with Gasteiger partial charge < -0.3 is 15.5 Å². The van der Waals surface area contributed by atoms with E-state index in [1.165, 1.54) is 0 Å². The molecule has 1 aromatic heterocycles. The van der Waals surface area contributed by atoms with Crippen molar-refractivity contribution in [2.75, 3.05) is 12.4 Å². The third-order valence-corrected chi connectivity index (χ3v) is 3.93. The van der Waals surface area contributed by atoms with Crippen LogP contribution in [0.4, 0.5) is 0 Å². The third kappa shape index (κ3) is 3.56. The number of nitrogens with one attached hydrogen (secondary N) is 1. The molecule has 0 radical (unpaired) electrons. The number of imidazole rings is 1. The molecule has 0 fully saturated rings. The molecule has 0 amide bonds. The molecule has 0 aliphatic rings. The standard InChI is InChI=1S/C16H17N3OS/c17-11-12-4-3-5-13(10-12)20-8-9-21-16-18-14-6-1-2-7-15(14)19-16/h1-7,10H,8-9,11,17H2,(H,18,19). The van der Waals surface area contributed by atoms with Crippen LogP contribution in [0.15, 0.2) is 53.7 Å². The fourth-order valence-electron chi connectivity index (χ4n) is 2.06. The van der Waals surface area contributed by atoms with Crippen molar-refractivity contribution in [2.45, 2.75) is 11.7 Å². The summed E-state index contributed by atoms with van der Waals surface area (Å²) in [6, 6.07) is 15.9. The Hall–Kier alpha value is -1.98. The lowest BCUT2D eigenvalue weighted by atomic mass is 10.2. The quantitative estimate of drug-likeness (QED) is 0.542. The average Bonchev–Trinajstić information content (AvgIpc) is 2.94. The fraction of sp³-hybridized carbons (Fsp3) is 0.188. The summed E-state index contributed by atoms with van der Waals surface area (Å²) in [4.78, 5) is 7.81. The Bertz CT molecular complexity index is 693. The van der Waals surface area contributed by atoms with Crippen molar-refractivity contribution in [1.82, 2.24) is 9.97 Å². The van der Waals surface area contributed by atoms with Gasteiger partial charge in [0.15, 0.2) is 5.16 Å². The van der Waals surface area contributed by atoms with Crippen LogP contribution in [-0.4, -0.2) is 22.3 Å². The highest BCUT2D eigenvalue weighted by Crippen LogP contribution is 2.19. The van der Waals surface area contributed by atoms with Crippen LogP contribution < -0.4 is 10.5 Å². The molecule has 0 saturated heterocycles. The van der Waals surface area contributed by atoms with Crippen molar-refractivity contribution in [3.63, 3.8) is 0 Å². The van der Waals surface area contributed by atoms with Crippen molar-refractivity contribution in [3.8, 4) is 5.75 Å². The van der Waals surface area contributed by atoms with Gasteiger partial charge in [-0.25, -0.2) is 4.98 Å². The van der Waals surface area contributed by atoms with E-state index in [2.05, 4.69) is 9.97 Å². The molecule has 3 aromatic rings. The van der Waals surface area contributed by atoms with Gasteiger partial charge in [0.05, 0.1) is 17.6 Å². The number of ether oxygens (including phenoxy) is 1. The number of benzene rings is 2. The second kappa shape index (κ2) is 6.65. The molecule has 3 rings (SSSR count). The lowest BCUT2D eigenvalue weighted by Crippen LogP contribution is -2.02. The highest BCUT2D eigenvalue weighted by Gasteiger charge is 2.02. The van der Waals surface area contributed by atoms with Crippen LogP contribution >= 0.6 is 11.8 Å². The molecule has 0 atom stereocenters. The van der Waals surface area contributed by atoms with Gasteiger partial charge >= 0.3 is 0 Å². The van der Waals surface area contributed by atoms with Gasteiger partial charge in [0.1, 0.15) is 5.75 Å². The van der Waals surface area contributed by atoms with E-state index in [4.69, 9.17) is 10.5 Å². The highest BCUT2D eigenvalue weighted by atomic mass is 32.2. The Balaban J connectivity index is 1.51. The van der Waals surface area contributed by atoms with E-state index in [9.17, 15) is 0 Å². The zero-order chi connectivity index (χ0) is 14.5. The number of H-pyrrole nitrogens is 1. The largest absolute Gasteiger partial charge is 0.493 e. The monoisotopic (exact) mass is 299 g/mol. The predicted molar refractivity (Wildman–Crippen MR) is 86.6 cm³/mol. The van der Waals surface area contributed by atoms with Crippen LogP contribution in [0.25, 0.3) is 11.0 Å². The Labute approximate surface area is 127 Å². The minimum absolute atomic E-state index is 0.533. The number of para-hydroxylation sites is 2. The lowest BCUT2D eigenvalue weighted by Gasteiger charge is -2.06. The van der Waals surface area contributed by atoms with Gasteiger partial charge in [-0.1, -0.05) is 36.0 Å². The fourth-order valence-corrected chi connectivity index (χ4v) is 2.76. The second-order valence-electron chi connectivity index (χ2n) is 4.61. The van der Waals surface area contributed by atoms with Crippen molar-refractivity contribution in [2.24, 2.45) is 5.73 Å². The van der Waals surface area contributed by atoms with Crippen LogP contribution in [0.3, 0.4) is 0 Å². The van der Waals surface area contributed by atoms with E-state index < -0.39 is 0 Å². The highest BCUT2D eigenvalue weighted by molar-refractivity contribution is 7.99. The number of hydrogen-bond acceptors (Lipinski definition) is 4. The van der Waals surface area contributed by atoms with Crippen molar-refractivity contribution in [1.29, 1.82) is 0 Å². The minimum atomic E-state index is 0.533. The van der Waals surface area contributed by atoms with Crippen LogP contribution in [-0.2, 0) is 6.54 Å². The zero-order valence-electron chi connectivity index (χ0n) is 11.6. The number of hydrogen-bond donors (Lipinski definition) is 2. The van der Waals surface area contributed by atoms with E-state index in [1.54, 1.807) is 11.8 Å². The molecule has 2 aromatic carbocycles. The molecule has 108 valence electrons. The molecule has 3 N–H and O–H groups in total. The van der Waals surface area contributed by atoms with Crippen LogP contribution in [0, 0.1) is 0 Å². The molecule has 0 spiro atoms. The summed E-state index contributed by atoms with van der Waals surface area (Å²) in [7, 11) is 0. The Morgan fingerprint density at radius 2 is 2.05 bits per heavy atom. The topological polar surface area (TPSA) is 63.9 Å². The number of thioether (sulfide) groups is 1. The SMILES string of the molecule is NCc1cccc(OCCSc2nc3ccccc3[nH]2)c1. The number of rotatable bonds is 6. The Kier molecular flexibility index (Phi) is 4.43. The van der Waals surface area contributed by atoms with Crippen LogP contribution in [0.2, 0.25) is 0 Å². The number of fused-ring (bicyclic) bond motifs is 1. The molecule has 21 heavy (non-hydrogen) atoms. The summed E-state index contributed by atoms with van der Waals surface area (Å²) in [5.74, 6) is 1.70. The van der Waals surface area contributed by atoms with Crippen molar-refractivity contribution < 1.29 is 4.74 Å². The van der Waals surface area contributed by atoms with E-state index in [-0.39, 0.29) is 0 Å². The summed E-state index contributed by atoms with van der Waals surface area (Å²) < 4.78 is 5.73. The van der Waals surface area contributed by atoms with E-state index >= 15 is 0 Å². The number of nitrogens with zero attached hydrogens (tertiary/aromatic N) is 1. The summed E-state index contributed by atoms with van der Waals surface area (Å²) in [5, 5.41) is 0.926. The summed E-state index contributed by atoms with van der Waals surface area (Å²) in [6.45, 7) is 1.17. The predicted octanol–water partition coefficient (Wildman–Crippen LogP) is 3.19. The maximum Gasteiger partial charge on any atom is 0.166 e. The lowest BCUT2D eigenvalue weighted by molar-refractivity contribution is 0.343. The average molecular weight is 299 g/mol. The first kappa shape index (κ1) is 14.0. The van der Waals surface area contributed by atoms with Gasteiger partial charge in [-0.05, 0) is 29.8 Å². The molecule has 5 heteroatoms. The van der Waals surface area contributed by atoms with Gasteiger partial charge in [-0.15, -0.1) is 0 Å². The molecular weight excluding hydrogens is 282 g/mol. The van der Waals surface area contributed by atoms with Gasteiger partial charge in [-0.3, -0.25) is 0 Å². The molecule has 0 bridgehead atoms. The van der Waals surface area contributed by atoms with Crippen LogP contribution in [0.5, 0.6) is 5.75 Å². The number of aromatic nitrogens is 2. The summed E-state index contributed by atoms with van der Waals surface area (Å²) in [5.41, 5.74) is 8.76. The van der Waals surface area contributed by atoms with Gasteiger partial charge in [0.25, 0.3) is 0 Å². The molecule has 1 heterocycles. The van der Waals surface area contributed by atoms with E-state index in [0.717, 1.165) is 33.3 Å². The Morgan fingerprint density at radius 1 is 1.14 bits per heavy atom. The smallest absolute Gasteiger partial charge is 0.166 e. The first-order valence-corrected chi connectivity index (χ1v) is 7.83. The molecule has 0 aliphatic heterocycles.